The van der Waals surface area contributed by atoms with Crippen molar-refractivity contribution in [3.63, 3.8) is 0 Å². The van der Waals surface area contributed by atoms with Crippen LogP contribution in [0.3, 0.4) is 0 Å². The third-order valence-corrected chi connectivity index (χ3v) is 5.64. The Balaban J connectivity index is 1.85. The summed E-state index contributed by atoms with van der Waals surface area (Å²) >= 11 is 0. The molecule has 3 fully saturated rings. The molecule has 3 saturated heterocycles. The van der Waals surface area contributed by atoms with Crippen molar-refractivity contribution in [3.8, 4) is 0 Å². The number of benzene rings is 1. The van der Waals surface area contributed by atoms with Crippen molar-refractivity contribution in [2.24, 2.45) is 11.1 Å². The van der Waals surface area contributed by atoms with E-state index < -0.39 is 10.0 Å². The molecule has 1 aromatic carbocycles. The number of primary sulfonamides is 1. The number of nitrogens with one attached hydrogen (secondary N) is 1. The zero-order valence-corrected chi connectivity index (χ0v) is 12.5. The van der Waals surface area contributed by atoms with Gasteiger partial charge < -0.3 is 10.2 Å². The molecule has 5 nitrogen and oxygen atoms in total. The summed E-state index contributed by atoms with van der Waals surface area (Å²) in [6, 6.07) is 5.65. The Kier molecular flexibility index (Phi) is 3.48. The van der Waals surface area contributed by atoms with Crippen LogP contribution in [0.4, 0.5) is 5.69 Å². The molecule has 4 rings (SSSR count). The Hall–Kier alpha value is -1.11. The van der Waals surface area contributed by atoms with Gasteiger partial charge in [-0.15, -0.1) is 0 Å². The monoisotopic (exact) mass is 295 g/mol. The van der Waals surface area contributed by atoms with E-state index in [0.29, 0.717) is 17.5 Å². The molecule has 3 aliphatic heterocycles. The number of sulfonamides is 1. The van der Waals surface area contributed by atoms with E-state index >= 15 is 0 Å². The number of hydrogen-bond acceptors (Lipinski definition) is 4. The highest BCUT2D eigenvalue weighted by atomic mass is 32.2. The fourth-order valence-corrected chi connectivity index (χ4v) is 4.21. The second kappa shape index (κ2) is 5.02. The molecule has 1 atom stereocenters. The summed E-state index contributed by atoms with van der Waals surface area (Å²) in [5, 5.41) is 8.79. The van der Waals surface area contributed by atoms with Gasteiger partial charge in [-0.1, -0.05) is 6.07 Å². The molecule has 20 heavy (non-hydrogen) atoms. The van der Waals surface area contributed by atoms with Gasteiger partial charge >= 0.3 is 0 Å². The highest BCUT2D eigenvalue weighted by Gasteiger charge is 2.34. The third kappa shape index (κ3) is 2.55. The number of rotatable bonds is 3. The van der Waals surface area contributed by atoms with Crippen LogP contribution in [0.25, 0.3) is 0 Å². The number of hydrogen-bond donors (Lipinski definition) is 2. The number of nitrogens with two attached hydrogens (primary N) is 1. The average Bonchev–Trinajstić information content (AvgIpc) is 2.41. The summed E-state index contributed by atoms with van der Waals surface area (Å²) < 4.78 is 23.1. The summed E-state index contributed by atoms with van der Waals surface area (Å²) in [7, 11) is -3.66. The lowest BCUT2D eigenvalue weighted by Gasteiger charge is -2.45. The van der Waals surface area contributed by atoms with E-state index in [1.807, 2.05) is 13.0 Å². The van der Waals surface area contributed by atoms with Crippen molar-refractivity contribution < 1.29 is 8.42 Å². The Labute approximate surface area is 120 Å². The first-order valence-corrected chi connectivity index (χ1v) is 8.61. The Morgan fingerprint density at radius 1 is 1.30 bits per heavy atom. The molecule has 0 radical (unpaired) electrons. The molecule has 6 heteroatoms. The minimum Gasteiger partial charge on any atom is -0.380 e. The van der Waals surface area contributed by atoms with Gasteiger partial charge in [0.05, 0.1) is 4.90 Å². The zero-order valence-electron chi connectivity index (χ0n) is 11.7. The topological polar surface area (TPSA) is 75.4 Å². The molecule has 1 aromatic rings. The summed E-state index contributed by atoms with van der Waals surface area (Å²) in [5.74, 6) is 0.692. The normalized spacial score (nSPS) is 29.4. The van der Waals surface area contributed by atoms with Crippen LogP contribution in [0.15, 0.2) is 23.1 Å². The van der Waals surface area contributed by atoms with E-state index in [1.54, 1.807) is 12.1 Å². The molecular weight excluding hydrogens is 274 g/mol. The minimum absolute atomic E-state index is 0.212. The first-order valence-electron chi connectivity index (χ1n) is 7.06. The number of anilines is 1. The van der Waals surface area contributed by atoms with Crippen LogP contribution < -0.4 is 10.5 Å². The molecule has 0 amide bonds. The van der Waals surface area contributed by atoms with Crippen LogP contribution in [-0.2, 0) is 10.0 Å². The van der Waals surface area contributed by atoms with Crippen molar-refractivity contribution in [1.82, 2.24) is 4.90 Å². The van der Waals surface area contributed by atoms with Crippen LogP contribution in [0.2, 0.25) is 0 Å². The zero-order chi connectivity index (χ0) is 14.3. The second-order valence-electron chi connectivity index (χ2n) is 5.86. The number of nitrogens with zero attached hydrogens (tertiary/aromatic N) is 1. The predicted octanol–water partition coefficient (Wildman–Crippen LogP) is 1.15. The van der Waals surface area contributed by atoms with Crippen molar-refractivity contribution in [2.75, 3.05) is 25.0 Å². The highest BCUT2D eigenvalue weighted by molar-refractivity contribution is 7.89. The van der Waals surface area contributed by atoms with E-state index in [-0.39, 0.29) is 4.90 Å². The van der Waals surface area contributed by atoms with Crippen molar-refractivity contribution in [3.05, 3.63) is 23.8 Å². The Morgan fingerprint density at radius 2 is 2.00 bits per heavy atom. The van der Waals surface area contributed by atoms with Gasteiger partial charge in [0.2, 0.25) is 10.0 Å². The molecular formula is C14H21N3O2S. The van der Waals surface area contributed by atoms with Gasteiger partial charge in [-0.2, -0.15) is 0 Å². The molecule has 0 aliphatic carbocycles. The van der Waals surface area contributed by atoms with Gasteiger partial charge in [-0.25, -0.2) is 13.6 Å². The maximum Gasteiger partial charge on any atom is 0.238 e. The van der Waals surface area contributed by atoms with E-state index in [1.165, 1.54) is 25.9 Å². The second-order valence-corrected chi connectivity index (χ2v) is 7.39. The van der Waals surface area contributed by atoms with Crippen molar-refractivity contribution >= 4 is 15.7 Å². The molecule has 1 unspecified atom stereocenters. The van der Waals surface area contributed by atoms with Crippen LogP contribution in [0.1, 0.15) is 18.4 Å². The lowest BCUT2D eigenvalue weighted by Crippen LogP contribution is -2.53. The lowest BCUT2D eigenvalue weighted by atomic mass is 9.84. The smallest absolute Gasteiger partial charge is 0.238 e. The van der Waals surface area contributed by atoms with E-state index in [0.717, 1.165) is 12.2 Å². The average molecular weight is 295 g/mol. The van der Waals surface area contributed by atoms with Gasteiger partial charge in [0.1, 0.15) is 0 Å². The van der Waals surface area contributed by atoms with E-state index in [4.69, 9.17) is 5.14 Å². The summed E-state index contributed by atoms with van der Waals surface area (Å²) in [4.78, 5) is 2.68. The maximum atomic E-state index is 11.6. The molecule has 0 saturated carbocycles. The predicted molar refractivity (Wildman–Crippen MR) is 79.1 cm³/mol. The van der Waals surface area contributed by atoms with Crippen LogP contribution in [0.5, 0.6) is 0 Å². The molecule has 3 aliphatic rings. The van der Waals surface area contributed by atoms with Gasteiger partial charge in [-0.05, 0) is 56.5 Å². The maximum absolute atomic E-state index is 11.6. The van der Waals surface area contributed by atoms with E-state index in [9.17, 15) is 8.42 Å². The first-order chi connectivity index (χ1) is 9.45. The van der Waals surface area contributed by atoms with Crippen LogP contribution in [0, 0.1) is 12.8 Å². The standard InChI is InChI=1S/C14H21N3O2S/c1-10-12(3-2-4-14(10)20(15,18)19)16-13-9-17-7-5-11(13)6-8-17/h2-4,11,13,16H,5-9H2,1H3,(H2,15,18,19). The summed E-state index contributed by atoms with van der Waals surface area (Å²) in [6.45, 7) is 5.24. The lowest BCUT2D eigenvalue weighted by molar-refractivity contribution is 0.0975. The van der Waals surface area contributed by atoms with Crippen LogP contribution in [-0.4, -0.2) is 39.0 Å². The molecule has 110 valence electrons. The molecule has 0 aromatic heterocycles. The molecule has 2 bridgehead atoms. The minimum atomic E-state index is -3.66. The van der Waals surface area contributed by atoms with Gasteiger partial charge in [0.25, 0.3) is 0 Å². The van der Waals surface area contributed by atoms with Gasteiger partial charge in [0.15, 0.2) is 0 Å². The number of fused-ring (bicyclic) bond motifs is 3. The molecule has 3 heterocycles. The first kappa shape index (κ1) is 13.9. The quantitative estimate of drug-likeness (QED) is 0.877. The largest absolute Gasteiger partial charge is 0.380 e. The summed E-state index contributed by atoms with van der Waals surface area (Å²) in [5.41, 5.74) is 1.60. The highest BCUT2D eigenvalue weighted by Crippen LogP contribution is 2.31. The summed E-state index contributed by atoms with van der Waals surface area (Å²) in [6.07, 6.45) is 2.46. The van der Waals surface area contributed by atoms with Crippen LogP contribution >= 0.6 is 0 Å². The SMILES string of the molecule is Cc1c(NC2CN3CCC2CC3)cccc1S(N)(=O)=O. The molecule has 3 N–H and O–H groups in total. The number of piperidine rings is 3. The van der Waals surface area contributed by atoms with Crippen molar-refractivity contribution in [1.29, 1.82) is 0 Å². The molecule has 0 spiro atoms. The third-order valence-electron chi connectivity index (χ3n) is 4.59. The van der Waals surface area contributed by atoms with Gasteiger partial charge in [0, 0.05) is 18.3 Å². The Bertz CT molecular complexity index is 607. The van der Waals surface area contributed by atoms with Gasteiger partial charge in [-0.3, -0.25) is 0 Å². The Morgan fingerprint density at radius 3 is 2.55 bits per heavy atom. The van der Waals surface area contributed by atoms with Crippen molar-refractivity contribution in [2.45, 2.75) is 30.7 Å². The fraction of sp³-hybridized carbons (Fsp3) is 0.571. The van der Waals surface area contributed by atoms with E-state index in [2.05, 4.69) is 10.2 Å². The fourth-order valence-electron chi connectivity index (χ4n) is 3.41.